The maximum atomic E-state index is 6.03. The Morgan fingerprint density at radius 3 is 2.45 bits per heavy atom. The van der Waals surface area contributed by atoms with Crippen molar-refractivity contribution >= 4 is 41.3 Å². The van der Waals surface area contributed by atoms with Crippen LogP contribution in [0, 0.1) is 13.8 Å². The number of hydrogen-bond acceptors (Lipinski definition) is 5. The summed E-state index contributed by atoms with van der Waals surface area (Å²) >= 11 is 1.72. The third kappa shape index (κ3) is 8.47. The van der Waals surface area contributed by atoms with Crippen molar-refractivity contribution in [2.24, 2.45) is 4.99 Å². The Hall–Kier alpha value is -1.39. The summed E-state index contributed by atoms with van der Waals surface area (Å²) in [5, 5.41) is 7.76. The normalized spacial score (nSPS) is 11.3. The zero-order valence-corrected chi connectivity index (χ0v) is 21.3. The van der Waals surface area contributed by atoms with Crippen LogP contribution in [0.15, 0.2) is 29.3 Å². The molecule has 162 valence electrons. The van der Waals surface area contributed by atoms with E-state index < -0.39 is 0 Å². The van der Waals surface area contributed by atoms with Gasteiger partial charge in [-0.05, 0) is 33.0 Å². The third-order valence-electron chi connectivity index (χ3n) is 4.68. The molecule has 29 heavy (non-hydrogen) atoms. The topological polar surface area (TPSA) is 61.8 Å². The molecule has 0 spiro atoms. The van der Waals surface area contributed by atoms with Crippen LogP contribution in [0.25, 0.3) is 0 Å². The number of thiazole rings is 1. The van der Waals surface area contributed by atoms with E-state index in [1.54, 1.807) is 18.4 Å². The maximum absolute atomic E-state index is 6.03. The van der Waals surface area contributed by atoms with Gasteiger partial charge in [0, 0.05) is 30.6 Å². The first kappa shape index (κ1) is 25.6. The molecule has 0 radical (unpaired) electrons. The molecule has 0 saturated carbocycles. The molecule has 6 nitrogen and oxygen atoms in total. The van der Waals surface area contributed by atoms with Crippen molar-refractivity contribution in [3.63, 3.8) is 0 Å². The first-order valence-corrected chi connectivity index (χ1v) is 10.7. The van der Waals surface area contributed by atoms with Gasteiger partial charge in [-0.25, -0.2) is 4.98 Å². The summed E-state index contributed by atoms with van der Waals surface area (Å²) in [6.07, 6.45) is 0. The first-order chi connectivity index (χ1) is 13.6. The van der Waals surface area contributed by atoms with Crippen molar-refractivity contribution < 1.29 is 4.74 Å². The summed E-state index contributed by atoms with van der Waals surface area (Å²) < 4.78 is 6.03. The third-order valence-corrected chi connectivity index (χ3v) is 5.75. The average Bonchev–Trinajstić information content (AvgIpc) is 3.03. The Morgan fingerprint density at radius 2 is 1.83 bits per heavy atom. The van der Waals surface area contributed by atoms with Crippen molar-refractivity contribution in [1.82, 2.24) is 20.5 Å². The highest BCUT2D eigenvalue weighted by Gasteiger charge is 2.07. The van der Waals surface area contributed by atoms with Gasteiger partial charge in [-0.15, -0.1) is 35.3 Å². The number of ether oxygens (including phenoxy) is 1. The van der Waals surface area contributed by atoms with Crippen molar-refractivity contribution in [2.75, 3.05) is 33.3 Å². The van der Waals surface area contributed by atoms with Gasteiger partial charge in [0.25, 0.3) is 0 Å². The minimum Gasteiger partial charge on any atom is -0.492 e. The minimum absolute atomic E-state index is 0. The van der Waals surface area contributed by atoms with Crippen molar-refractivity contribution in [3.05, 3.63) is 45.4 Å². The second-order valence-corrected chi connectivity index (χ2v) is 7.80. The molecule has 8 heteroatoms. The molecule has 1 aromatic carbocycles. The van der Waals surface area contributed by atoms with E-state index in [0.29, 0.717) is 19.7 Å². The fourth-order valence-corrected chi connectivity index (χ4v) is 3.66. The molecule has 0 fully saturated rings. The van der Waals surface area contributed by atoms with Crippen LogP contribution in [0.4, 0.5) is 0 Å². The van der Waals surface area contributed by atoms with E-state index in [2.05, 4.69) is 52.3 Å². The van der Waals surface area contributed by atoms with E-state index in [9.17, 15) is 0 Å². The van der Waals surface area contributed by atoms with Gasteiger partial charge in [0.2, 0.25) is 0 Å². The SMILES string of the molecule is CCN(CC)CCOc1ccccc1CNC(=NC)NCc1nc(C)c(C)s1.I. The van der Waals surface area contributed by atoms with Crippen LogP contribution in [-0.4, -0.2) is 49.1 Å². The smallest absolute Gasteiger partial charge is 0.191 e. The van der Waals surface area contributed by atoms with Crippen molar-refractivity contribution in [1.29, 1.82) is 0 Å². The zero-order chi connectivity index (χ0) is 20.4. The molecule has 0 aliphatic rings. The van der Waals surface area contributed by atoms with E-state index in [1.165, 1.54) is 4.88 Å². The number of rotatable bonds is 10. The second-order valence-electron chi connectivity index (χ2n) is 6.51. The molecular weight excluding hydrogens is 497 g/mol. The van der Waals surface area contributed by atoms with Crippen LogP contribution in [0.3, 0.4) is 0 Å². The van der Waals surface area contributed by atoms with E-state index in [4.69, 9.17) is 4.74 Å². The molecule has 0 bridgehead atoms. The number of para-hydroxylation sites is 1. The molecular formula is C21H34IN5OS. The standard InChI is InChI=1S/C21H33N5OS.HI/c1-6-26(7-2)12-13-27-19-11-9-8-10-18(19)14-23-21(22-5)24-15-20-25-16(3)17(4)28-20;/h8-11H,6-7,12-15H2,1-5H3,(H2,22,23,24);1H. The van der Waals surface area contributed by atoms with Crippen LogP contribution >= 0.6 is 35.3 Å². The monoisotopic (exact) mass is 531 g/mol. The summed E-state index contributed by atoms with van der Waals surface area (Å²) in [7, 11) is 1.78. The molecule has 1 heterocycles. The Kier molecular flexibility index (Phi) is 12.2. The van der Waals surface area contributed by atoms with Gasteiger partial charge in [0.05, 0.1) is 12.2 Å². The van der Waals surface area contributed by atoms with E-state index in [-0.39, 0.29) is 24.0 Å². The van der Waals surface area contributed by atoms with Gasteiger partial charge < -0.3 is 20.3 Å². The van der Waals surface area contributed by atoms with Gasteiger partial charge >= 0.3 is 0 Å². The predicted octanol–water partition coefficient (Wildman–Crippen LogP) is 3.96. The molecule has 0 unspecified atom stereocenters. The lowest BCUT2D eigenvalue weighted by atomic mass is 10.2. The van der Waals surface area contributed by atoms with Crippen LogP contribution in [0.2, 0.25) is 0 Å². The highest BCUT2D eigenvalue weighted by molar-refractivity contribution is 14.0. The van der Waals surface area contributed by atoms with Gasteiger partial charge in [0.1, 0.15) is 17.4 Å². The zero-order valence-electron chi connectivity index (χ0n) is 18.1. The van der Waals surface area contributed by atoms with Crippen LogP contribution in [0.1, 0.15) is 35.0 Å². The molecule has 0 aliphatic heterocycles. The quantitative estimate of drug-likeness (QED) is 0.276. The largest absolute Gasteiger partial charge is 0.492 e. The Morgan fingerprint density at radius 1 is 1.14 bits per heavy atom. The van der Waals surface area contributed by atoms with E-state index in [1.807, 2.05) is 25.1 Å². The number of hydrogen-bond donors (Lipinski definition) is 2. The van der Waals surface area contributed by atoms with Crippen LogP contribution in [0.5, 0.6) is 5.75 Å². The molecule has 2 aromatic rings. The van der Waals surface area contributed by atoms with Crippen LogP contribution < -0.4 is 15.4 Å². The van der Waals surface area contributed by atoms with Gasteiger partial charge in [-0.2, -0.15) is 0 Å². The number of aryl methyl sites for hydroxylation is 2. The van der Waals surface area contributed by atoms with Crippen molar-refractivity contribution in [2.45, 2.75) is 40.8 Å². The number of benzene rings is 1. The predicted molar refractivity (Wildman–Crippen MR) is 134 cm³/mol. The molecule has 0 aliphatic carbocycles. The highest BCUT2D eigenvalue weighted by atomic mass is 127. The molecule has 1 aromatic heterocycles. The number of nitrogens with zero attached hydrogens (tertiary/aromatic N) is 3. The average molecular weight is 532 g/mol. The molecule has 2 rings (SSSR count). The Labute approximate surface area is 196 Å². The molecule has 2 N–H and O–H groups in total. The summed E-state index contributed by atoms with van der Waals surface area (Å²) in [6, 6.07) is 8.15. The lowest BCUT2D eigenvalue weighted by molar-refractivity contribution is 0.221. The number of nitrogens with one attached hydrogen (secondary N) is 2. The van der Waals surface area contributed by atoms with Gasteiger partial charge in [0.15, 0.2) is 5.96 Å². The summed E-state index contributed by atoms with van der Waals surface area (Å²) in [6.45, 7) is 13.5. The molecule has 0 atom stereocenters. The molecule has 0 amide bonds. The number of aromatic nitrogens is 1. The first-order valence-electron chi connectivity index (χ1n) is 9.87. The minimum atomic E-state index is 0. The fraction of sp³-hybridized carbons (Fsp3) is 0.524. The highest BCUT2D eigenvalue weighted by Crippen LogP contribution is 2.18. The van der Waals surface area contributed by atoms with Gasteiger partial charge in [-0.3, -0.25) is 4.99 Å². The lowest BCUT2D eigenvalue weighted by Gasteiger charge is -2.19. The summed E-state index contributed by atoms with van der Waals surface area (Å²) in [4.78, 5) is 12.5. The number of aliphatic imine (C=N–C) groups is 1. The van der Waals surface area contributed by atoms with Crippen molar-refractivity contribution in [3.8, 4) is 5.75 Å². The number of halogens is 1. The Bertz CT molecular complexity index is 742. The van der Waals surface area contributed by atoms with Crippen LogP contribution in [-0.2, 0) is 13.1 Å². The van der Waals surface area contributed by atoms with Gasteiger partial charge in [-0.1, -0.05) is 32.0 Å². The lowest BCUT2D eigenvalue weighted by Crippen LogP contribution is -2.36. The number of likely N-dealkylation sites (N-methyl/N-ethyl adjacent to an activating group) is 1. The number of guanidine groups is 1. The van der Waals surface area contributed by atoms with E-state index >= 15 is 0 Å². The molecule has 0 saturated heterocycles. The maximum Gasteiger partial charge on any atom is 0.191 e. The second kappa shape index (κ2) is 13.8. The summed E-state index contributed by atoms with van der Waals surface area (Å²) in [5.74, 6) is 1.67. The van der Waals surface area contributed by atoms with E-state index in [0.717, 1.165) is 47.6 Å². The Balaban J connectivity index is 0.00000420. The fourth-order valence-electron chi connectivity index (χ4n) is 2.79. The summed E-state index contributed by atoms with van der Waals surface area (Å²) in [5.41, 5.74) is 2.21.